The van der Waals surface area contributed by atoms with Crippen molar-refractivity contribution in [1.29, 1.82) is 0 Å². The minimum atomic E-state index is -0.260. The van der Waals surface area contributed by atoms with Crippen LogP contribution in [0.4, 0.5) is 5.69 Å². The Morgan fingerprint density at radius 2 is 2.19 bits per heavy atom. The van der Waals surface area contributed by atoms with Gasteiger partial charge in [0.15, 0.2) is 0 Å². The fraction of sp³-hybridized carbons (Fsp3) is 0.467. The number of hydrogen-bond donors (Lipinski definition) is 1. The molecule has 4 rings (SSSR count). The Kier molecular flexibility index (Phi) is 3.05. The maximum atomic E-state index is 12.6. The molecule has 3 aliphatic rings. The number of ether oxygens (including phenoxy) is 1. The van der Waals surface area contributed by atoms with E-state index in [0.717, 1.165) is 17.3 Å². The molecular weight excluding hydrogens is 358 g/mol. The largest absolute Gasteiger partial charge is 0.462 e. The van der Waals surface area contributed by atoms with Crippen LogP contribution < -0.4 is 5.32 Å². The van der Waals surface area contributed by atoms with Gasteiger partial charge in [-0.25, -0.2) is 0 Å². The van der Waals surface area contributed by atoms with Crippen LogP contribution >= 0.6 is 27.5 Å². The zero-order chi connectivity index (χ0) is 14.7. The van der Waals surface area contributed by atoms with E-state index < -0.39 is 0 Å². The summed E-state index contributed by atoms with van der Waals surface area (Å²) >= 11 is 9.35. The third-order valence-electron chi connectivity index (χ3n) is 4.97. The number of esters is 1. The lowest BCUT2D eigenvalue weighted by atomic mass is 9.79. The second-order valence-corrected chi connectivity index (χ2v) is 7.30. The maximum Gasteiger partial charge on any atom is 0.310 e. The lowest BCUT2D eigenvalue weighted by Gasteiger charge is -2.23. The summed E-state index contributed by atoms with van der Waals surface area (Å²) in [5, 5.41) is 3.43. The molecule has 4 nitrogen and oxygen atoms in total. The molecule has 2 saturated carbocycles. The van der Waals surface area contributed by atoms with E-state index in [4.69, 9.17) is 16.3 Å². The van der Waals surface area contributed by atoms with Crippen LogP contribution in [0.3, 0.4) is 0 Å². The van der Waals surface area contributed by atoms with Gasteiger partial charge in [-0.2, -0.15) is 0 Å². The van der Waals surface area contributed by atoms with Gasteiger partial charge >= 0.3 is 5.97 Å². The number of hydrogen-bond acceptors (Lipinski definition) is 3. The second-order valence-electron chi connectivity index (χ2n) is 6.04. The van der Waals surface area contributed by atoms with Gasteiger partial charge in [0.1, 0.15) is 6.10 Å². The molecule has 1 heterocycles. The van der Waals surface area contributed by atoms with Gasteiger partial charge in [-0.05, 0) is 52.9 Å². The van der Waals surface area contributed by atoms with Crippen LogP contribution in [-0.2, 0) is 14.3 Å². The quantitative estimate of drug-likeness (QED) is 0.813. The van der Waals surface area contributed by atoms with Crippen molar-refractivity contribution in [2.45, 2.75) is 18.9 Å². The zero-order valence-corrected chi connectivity index (χ0v) is 13.4. The highest BCUT2D eigenvalue weighted by molar-refractivity contribution is 9.10. The average molecular weight is 371 g/mol. The Morgan fingerprint density at radius 1 is 1.38 bits per heavy atom. The van der Waals surface area contributed by atoms with Crippen molar-refractivity contribution >= 4 is 45.1 Å². The average Bonchev–Trinajstić information content (AvgIpc) is 3.04. The molecule has 1 N–H and O–H groups in total. The Hall–Kier alpha value is -1.07. The highest BCUT2D eigenvalue weighted by Crippen LogP contribution is 2.57. The molecule has 0 unspecified atom stereocenters. The van der Waals surface area contributed by atoms with Gasteiger partial charge in [-0.1, -0.05) is 11.6 Å². The van der Waals surface area contributed by atoms with Crippen molar-refractivity contribution in [1.82, 2.24) is 0 Å². The molecule has 1 aromatic carbocycles. The fourth-order valence-electron chi connectivity index (χ4n) is 4.16. The van der Waals surface area contributed by atoms with Crippen molar-refractivity contribution in [3.63, 3.8) is 0 Å². The molecule has 6 heteroatoms. The number of amides is 1. The molecule has 1 saturated heterocycles. The van der Waals surface area contributed by atoms with Gasteiger partial charge in [-0.15, -0.1) is 0 Å². The van der Waals surface area contributed by atoms with Crippen molar-refractivity contribution in [2.24, 2.45) is 23.7 Å². The van der Waals surface area contributed by atoms with Crippen LogP contribution in [-0.4, -0.2) is 18.0 Å². The maximum absolute atomic E-state index is 12.6. The molecule has 3 fully saturated rings. The highest BCUT2D eigenvalue weighted by atomic mass is 79.9. The van der Waals surface area contributed by atoms with E-state index in [1.54, 1.807) is 18.2 Å². The molecule has 0 spiro atoms. The SMILES string of the molecule is O=C(Nc1ccc(Br)c(Cl)c1)[C@H]1[C@@H]2C[C@H]3[C@@H]1C(=O)O[C@@H]3C2. The normalized spacial score (nSPS) is 35.9. The summed E-state index contributed by atoms with van der Waals surface area (Å²) in [6.45, 7) is 0. The van der Waals surface area contributed by atoms with E-state index in [1.165, 1.54) is 0 Å². The van der Waals surface area contributed by atoms with Crippen LogP contribution in [0, 0.1) is 23.7 Å². The van der Waals surface area contributed by atoms with Gasteiger partial charge in [-0.3, -0.25) is 9.59 Å². The summed E-state index contributed by atoms with van der Waals surface area (Å²) in [6.07, 6.45) is 1.81. The minimum Gasteiger partial charge on any atom is -0.462 e. The first-order chi connectivity index (χ1) is 10.0. The van der Waals surface area contributed by atoms with Crippen molar-refractivity contribution < 1.29 is 14.3 Å². The molecule has 21 heavy (non-hydrogen) atoms. The van der Waals surface area contributed by atoms with E-state index in [1.807, 2.05) is 0 Å². The van der Waals surface area contributed by atoms with Gasteiger partial charge in [0.25, 0.3) is 0 Å². The predicted octanol–water partition coefficient (Wildman–Crippen LogP) is 3.24. The molecule has 2 bridgehead atoms. The van der Waals surface area contributed by atoms with Crippen LogP contribution in [0.5, 0.6) is 0 Å². The van der Waals surface area contributed by atoms with E-state index in [9.17, 15) is 9.59 Å². The zero-order valence-electron chi connectivity index (χ0n) is 11.0. The molecule has 5 atom stereocenters. The first kappa shape index (κ1) is 13.6. The smallest absolute Gasteiger partial charge is 0.310 e. The number of fused-ring (bicyclic) bond motifs is 1. The van der Waals surface area contributed by atoms with Crippen molar-refractivity contribution in [3.05, 3.63) is 27.7 Å². The monoisotopic (exact) mass is 369 g/mol. The third kappa shape index (κ3) is 2.01. The first-order valence-corrected chi connectivity index (χ1v) is 8.18. The molecule has 1 aliphatic heterocycles. The highest BCUT2D eigenvalue weighted by Gasteiger charge is 2.63. The van der Waals surface area contributed by atoms with E-state index >= 15 is 0 Å². The van der Waals surface area contributed by atoms with Gasteiger partial charge < -0.3 is 10.1 Å². The molecule has 1 aromatic rings. The van der Waals surface area contributed by atoms with E-state index in [0.29, 0.717) is 10.7 Å². The number of benzene rings is 1. The number of rotatable bonds is 2. The number of carbonyl (C=O) groups excluding carboxylic acids is 2. The first-order valence-electron chi connectivity index (χ1n) is 7.01. The van der Waals surface area contributed by atoms with Crippen LogP contribution in [0.2, 0.25) is 5.02 Å². The summed E-state index contributed by atoms with van der Waals surface area (Å²) in [6, 6.07) is 5.28. The lowest BCUT2D eigenvalue weighted by Crippen LogP contribution is -2.35. The van der Waals surface area contributed by atoms with E-state index in [2.05, 4.69) is 21.2 Å². The molecule has 0 aromatic heterocycles. The molecular formula is C15H13BrClNO3. The number of carbonyl (C=O) groups is 2. The third-order valence-corrected chi connectivity index (χ3v) is 6.21. The Morgan fingerprint density at radius 3 is 2.95 bits per heavy atom. The number of nitrogens with one attached hydrogen (secondary N) is 1. The predicted molar refractivity (Wildman–Crippen MR) is 80.9 cm³/mol. The second kappa shape index (κ2) is 4.71. The summed E-state index contributed by atoms with van der Waals surface area (Å²) in [5.74, 6) is -0.292. The van der Waals surface area contributed by atoms with Crippen LogP contribution in [0.25, 0.3) is 0 Å². The Labute approximate surface area is 135 Å². The minimum absolute atomic E-state index is 0.0543. The molecule has 1 amide bonds. The van der Waals surface area contributed by atoms with Gasteiger partial charge in [0, 0.05) is 16.1 Å². The topological polar surface area (TPSA) is 55.4 Å². The fourth-order valence-corrected chi connectivity index (χ4v) is 4.59. The summed E-state index contributed by atoms with van der Waals surface area (Å²) < 4.78 is 6.14. The van der Waals surface area contributed by atoms with E-state index in [-0.39, 0.29) is 41.7 Å². The Balaban J connectivity index is 1.55. The molecule has 2 aliphatic carbocycles. The Bertz CT molecular complexity index is 648. The van der Waals surface area contributed by atoms with Gasteiger partial charge in [0.05, 0.1) is 16.9 Å². The summed E-state index contributed by atoms with van der Waals surface area (Å²) in [4.78, 5) is 24.5. The van der Waals surface area contributed by atoms with Gasteiger partial charge in [0.2, 0.25) is 5.91 Å². The summed E-state index contributed by atoms with van der Waals surface area (Å²) in [5.41, 5.74) is 0.652. The molecule has 0 radical (unpaired) electrons. The summed E-state index contributed by atoms with van der Waals surface area (Å²) in [7, 11) is 0. The van der Waals surface area contributed by atoms with Crippen LogP contribution in [0.1, 0.15) is 12.8 Å². The number of halogens is 2. The van der Waals surface area contributed by atoms with Crippen molar-refractivity contribution in [2.75, 3.05) is 5.32 Å². The molecule has 110 valence electrons. The van der Waals surface area contributed by atoms with Crippen LogP contribution in [0.15, 0.2) is 22.7 Å². The van der Waals surface area contributed by atoms with Crippen molar-refractivity contribution in [3.8, 4) is 0 Å². The number of anilines is 1. The lowest BCUT2D eigenvalue weighted by molar-refractivity contribution is -0.145. The standard InChI is InChI=1S/C15H13BrClNO3/c16-9-2-1-7(5-10(9)17)18-14(19)12-6-3-8-11(4-6)21-15(20)13(8)12/h1-2,5-6,8,11-13H,3-4H2,(H,18,19)/t6-,8-,11-,12+,13+/m1/s1.